The predicted octanol–water partition coefficient (Wildman–Crippen LogP) is 0.732. The fraction of sp³-hybridized carbons (Fsp3) is 0.150. The lowest BCUT2D eigenvalue weighted by molar-refractivity contribution is 0.102. The molecule has 1 aliphatic rings. The highest BCUT2D eigenvalue weighted by molar-refractivity contribution is 6.04. The molecule has 168 valence electrons. The van der Waals surface area contributed by atoms with Crippen LogP contribution in [0.4, 0.5) is 19.0 Å². The van der Waals surface area contributed by atoms with Crippen molar-refractivity contribution in [3.05, 3.63) is 74.3 Å². The maximum Gasteiger partial charge on any atom is 0.326 e. The number of carbonyl (C=O) groups excluding carboxylic acids is 1. The van der Waals surface area contributed by atoms with Crippen LogP contribution in [-0.2, 0) is 0 Å². The van der Waals surface area contributed by atoms with E-state index in [1.54, 1.807) is 0 Å². The summed E-state index contributed by atoms with van der Waals surface area (Å²) in [5.41, 5.74) is -0.853. The van der Waals surface area contributed by atoms with Crippen LogP contribution in [0.1, 0.15) is 28.9 Å². The number of fused-ring (bicyclic) bond motifs is 1. The van der Waals surface area contributed by atoms with Crippen LogP contribution in [0.15, 0.2) is 34.2 Å². The zero-order valence-electron chi connectivity index (χ0n) is 16.6. The van der Waals surface area contributed by atoms with E-state index in [-0.39, 0.29) is 23.2 Å². The molecule has 0 atom stereocenters. The molecule has 10 nitrogen and oxygen atoms in total. The van der Waals surface area contributed by atoms with Gasteiger partial charge in [-0.1, -0.05) is 0 Å². The van der Waals surface area contributed by atoms with Gasteiger partial charge < -0.3 is 15.4 Å². The van der Waals surface area contributed by atoms with E-state index in [0.717, 1.165) is 12.8 Å². The van der Waals surface area contributed by atoms with Gasteiger partial charge in [0, 0.05) is 17.4 Å². The average Bonchev–Trinajstić information content (AvgIpc) is 3.39. The number of anilines is 1. The first kappa shape index (κ1) is 20.5. The average molecular weight is 457 g/mol. The van der Waals surface area contributed by atoms with Crippen LogP contribution in [0.3, 0.4) is 0 Å². The molecule has 33 heavy (non-hydrogen) atoms. The van der Waals surface area contributed by atoms with E-state index < -0.39 is 40.5 Å². The summed E-state index contributed by atoms with van der Waals surface area (Å²) in [5, 5.41) is 16.7. The third kappa shape index (κ3) is 3.95. The van der Waals surface area contributed by atoms with Crippen molar-refractivity contribution in [3.63, 3.8) is 0 Å². The Balaban J connectivity index is 1.63. The lowest BCUT2D eigenvalue weighted by atomic mass is 10.2. The lowest BCUT2D eigenvalue weighted by Crippen LogP contribution is -2.23. The molecular formula is C20H14F3N7O3. The molecule has 4 N–H and O–H groups in total. The van der Waals surface area contributed by atoms with Crippen molar-refractivity contribution >= 4 is 23.4 Å². The minimum atomic E-state index is -1.50. The molecule has 0 bridgehead atoms. The van der Waals surface area contributed by atoms with Crippen LogP contribution < -0.4 is 21.7 Å². The Morgan fingerprint density at radius 1 is 1.24 bits per heavy atom. The summed E-state index contributed by atoms with van der Waals surface area (Å²) in [4.78, 5) is 37.3. The van der Waals surface area contributed by atoms with E-state index in [9.17, 15) is 27.9 Å². The normalized spacial score (nSPS) is 14.9. The van der Waals surface area contributed by atoms with E-state index in [0.29, 0.717) is 22.8 Å². The molecule has 0 spiro atoms. The first-order chi connectivity index (χ1) is 15.8. The second-order valence-corrected chi connectivity index (χ2v) is 7.38. The van der Waals surface area contributed by atoms with Crippen LogP contribution in [0.5, 0.6) is 5.88 Å². The first-order valence-corrected chi connectivity index (χ1v) is 9.70. The number of hydrogen-bond acceptors (Lipinski definition) is 6. The molecule has 1 aliphatic carbocycles. The van der Waals surface area contributed by atoms with E-state index in [4.69, 9.17) is 0 Å². The standard InChI is InChI=1S/C20H14F3N7O3/c21-9-4-11(16(23)12(22)5-9)18(31)28-14-6-15(25-10-1-2-10)30-17(27-14)8(7-24-30)3-13-19(32)29-20(33)26-13/h3-7,10,32H,1-2H2,(H,28,31)(H2,26,29,33). The van der Waals surface area contributed by atoms with Crippen LogP contribution in [-0.4, -0.2) is 41.6 Å². The van der Waals surface area contributed by atoms with Crippen LogP contribution in [0, 0.1) is 17.5 Å². The maximum absolute atomic E-state index is 14.0. The minimum absolute atomic E-state index is 0.0654. The molecule has 1 fully saturated rings. The molecular weight excluding hydrogens is 443 g/mol. The number of benzene rings is 1. The maximum atomic E-state index is 14.0. The summed E-state index contributed by atoms with van der Waals surface area (Å²) in [6, 6.07) is 2.36. The number of aromatic nitrogens is 5. The SMILES string of the molecule is O=C(Nc1cc(=NC2CC2)n2ncc(=Cc3[nH]c(=O)[nH]c3O)c2n1)c1cc(F)cc(F)c1F. The van der Waals surface area contributed by atoms with Gasteiger partial charge in [-0.2, -0.15) is 9.61 Å². The largest absolute Gasteiger partial charge is 0.493 e. The number of carbonyl (C=O) groups is 1. The van der Waals surface area contributed by atoms with E-state index in [1.165, 1.54) is 22.9 Å². The van der Waals surface area contributed by atoms with Gasteiger partial charge in [0.25, 0.3) is 5.91 Å². The Labute approximate surface area is 181 Å². The molecule has 0 aliphatic heterocycles. The van der Waals surface area contributed by atoms with Crippen LogP contribution in [0.2, 0.25) is 0 Å². The van der Waals surface area contributed by atoms with E-state index in [2.05, 4.69) is 30.4 Å². The molecule has 3 heterocycles. The van der Waals surface area contributed by atoms with Gasteiger partial charge in [-0.05, 0) is 25.0 Å². The summed E-state index contributed by atoms with van der Waals surface area (Å²) < 4.78 is 42.4. The highest BCUT2D eigenvalue weighted by atomic mass is 19.2. The highest BCUT2D eigenvalue weighted by Crippen LogP contribution is 2.22. The number of nitrogens with one attached hydrogen (secondary N) is 3. The number of amides is 1. The fourth-order valence-corrected chi connectivity index (χ4v) is 3.16. The second kappa shape index (κ2) is 7.62. The topological polar surface area (TPSA) is 141 Å². The molecule has 1 aromatic carbocycles. The Kier molecular flexibility index (Phi) is 4.73. The van der Waals surface area contributed by atoms with Crippen LogP contribution >= 0.6 is 0 Å². The second-order valence-electron chi connectivity index (χ2n) is 7.38. The summed E-state index contributed by atoms with van der Waals surface area (Å²) in [6.45, 7) is 0. The Bertz CT molecular complexity index is 1600. The molecule has 0 saturated heterocycles. The van der Waals surface area contributed by atoms with Crippen LogP contribution in [0.25, 0.3) is 11.7 Å². The van der Waals surface area contributed by atoms with E-state index in [1.807, 2.05) is 0 Å². The van der Waals surface area contributed by atoms with Gasteiger partial charge >= 0.3 is 5.69 Å². The highest BCUT2D eigenvalue weighted by Gasteiger charge is 2.21. The van der Waals surface area contributed by atoms with Crippen molar-refractivity contribution in [2.24, 2.45) is 4.99 Å². The zero-order valence-corrected chi connectivity index (χ0v) is 16.6. The molecule has 4 aromatic rings. The number of hydrogen-bond donors (Lipinski definition) is 4. The van der Waals surface area contributed by atoms with Crippen molar-refractivity contribution in [2.75, 3.05) is 5.32 Å². The summed E-state index contributed by atoms with van der Waals surface area (Å²) in [5.74, 6) is -5.69. The molecule has 1 saturated carbocycles. The lowest BCUT2D eigenvalue weighted by Gasteiger charge is -2.07. The van der Waals surface area contributed by atoms with Gasteiger partial charge in [-0.25, -0.2) is 22.9 Å². The Morgan fingerprint density at radius 2 is 2.03 bits per heavy atom. The fourth-order valence-electron chi connectivity index (χ4n) is 3.16. The van der Waals surface area contributed by atoms with Crippen molar-refractivity contribution in [3.8, 4) is 5.88 Å². The minimum Gasteiger partial charge on any atom is -0.493 e. The van der Waals surface area contributed by atoms with Crippen molar-refractivity contribution in [2.45, 2.75) is 18.9 Å². The van der Waals surface area contributed by atoms with Crippen molar-refractivity contribution in [1.82, 2.24) is 24.6 Å². The number of rotatable bonds is 4. The Morgan fingerprint density at radius 3 is 2.73 bits per heavy atom. The third-order valence-electron chi connectivity index (χ3n) is 4.86. The monoisotopic (exact) mass is 457 g/mol. The summed E-state index contributed by atoms with van der Waals surface area (Å²) >= 11 is 0. The molecule has 3 aromatic heterocycles. The number of imidazole rings is 1. The molecule has 0 radical (unpaired) electrons. The Hall–Kier alpha value is -4.42. The van der Waals surface area contributed by atoms with Gasteiger partial charge in [-0.15, -0.1) is 0 Å². The van der Waals surface area contributed by atoms with Crippen molar-refractivity contribution < 1.29 is 23.1 Å². The van der Waals surface area contributed by atoms with Gasteiger partial charge in [0.15, 0.2) is 22.8 Å². The smallest absolute Gasteiger partial charge is 0.326 e. The number of aromatic amines is 2. The first-order valence-electron chi connectivity index (χ1n) is 9.70. The molecule has 1 amide bonds. The zero-order chi connectivity index (χ0) is 23.3. The van der Waals surface area contributed by atoms with Gasteiger partial charge in [-0.3, -0.25) is 14.8 Å². The quantitative estimate of drug-likeness (QED) is 0.335. The van der Waals surface area contributed by atoms with E-state index >= 15 is 0 Å². The summed E-state index contributed by atoms with van der Waals surface area (Å²) in [6.07, 6.45) is 4.55. The van der Waals surface area contributed by atoms with Gasteiger partial charge in [0.1, 0.15) is 17.3 Å². The number of aromatic hydroxyl groups is 1. The van der Waals surface area contributed by atoms with Gasteiger partial charge in [0.05, 0.1) is 17.8 Å². The number of nitrogens with zero attached hydrogens (tertiary/aromatic N) is 4. The number of H-pyrrole nitrogens is 2. The molecule has 13 heteroatoms. The molecule has 0 unspecified atom stereocenters. The molecule has 5 rings (SSSR count). The van der Waals surface area contributed by atoms with Gasteiger partial charge in [0.2, 0.25) is 5.88 Å². The predicted molar refractivity (Wildman–Crippen MR) is 108 cm³/mol. The summed E-state index contributed by atoms with van der Waals surface area (Å²) in [7, 11) is 0. The third-order valence-corrected chi connectivity index (χ3v) is 4.86. The number of halogens is 3. The van der Waals surface area contributed by atoms with Crippen molar-refractivity contribution in [1.29, 1.82) is 0 Å².